The molecule has 1 N–H and O–H groups in total. The Morgan fingerprint density at radius 1 is 1.73 bits per heavy atom. The first kappa shape index (κ1) is 8.81. The molecule has 1 aliphatic heterocycles. The highest BCUT2D eigenvalue weighted by molar-refractivity contribution is 6.27. The maximum atomic E-state index is 10.7. The van der Waals surface area contributed by atoms with Crippen molar-refractivity contribution in [1.29, 1.82) is 0 Å². The van der Waals surface area contributed by atoms with Crippen molar-refractivity contribution in [3.8, 4) is 0 Å². The molecule has 0 saturated carbocycles. The van der Waals surface area contributed by atoms with Crippen LogP contribution in [-0.4, -0.2) is 31.5 Å². The van der Waals surface area contributed by atoms with Crippen molar-refractivity contribution in [3.63, 3.8) is 0 Å². The van der Waals surface area contributed by atoms with Crippen LogP contribution in [0.3, 0.4) is 0 Å². The Labute approximate surface area is 71.1 Å². The monoisotopic (exact) mass is 177 g/mol. The summed E-state index contributed by atoms with van der Waals surface area (Å²) in [4.78, 5) is 10.7. The van der Waals surface area contributed by atoms with Gasteiger partial charge >= 0.3 is 0 Å². The molecule has 0 unspecified atom stereocenters. The van der Waals surface area contributed by atoms with E-state index in [4.69, 9.17) is 16.3 Å². The fourth-order valence-corrected chi connectivity index (χ4v) is 1.14. The summed E-state index contributed by atoms with van der Waals surface area (Å²) in [5.41, 5.74) is 0. The Bertz CT molecular complexity index is 134. The van der Waals surface area contributed by atoms with Gasteiger partial charge in [-0.1, -0.05) is 0 Å². The average molecular weight is 178 g/mol. The molecule has 3 nitrogen and oxygen atoms in total. The third-order valence-corrected chi connectivity index (χ3v) is 1.98. The fraction of sp³-hybridized carbons (Fsp3) is 0.857. The van der Waals surface area contributed by atoms with Gasteiger partial charge in [-0.05, 0) is 6.42 Å². The molecule has 1 fully saturated rings. The van der Waals surface area contributed by atoms with Gasteiger partial charge < -0.3 is 10.1 Å². The topological polar surface area (TPSA) is 38.3 Å². The number of carbonyl (C=O) groups is 1. The zero-order chi connectivity index (χ0) is 8.10. The molecule has 0 aliphatic carbocycles. The van der Waals surface area contributed by atoms with Gasteiger partial charge in [0, 0.05) is 19.1 Å². The van der Waals surface area contributed by atoms with Crippen LogP contribution in [0.25, 0.3) is 0 Å². The first-order valence-corrected chi connectivity index (χ1v) is 4.27. The minimum absolute atomic E-state index is 0.0492. The van der Waals surface area contributed by atoms with E-state index in [1.807, 2.05) is 0 Å². The number of carbonyl (C=O) groups excluding carboxylic acids is 1. The first-order valence-electron chi connectivity index (χ1n) is 3.73. The minimum Gasteiger partial charge on any atom is -0.381 e. The first-order chi connectivity index (χ1) is 5.33. The summed E-state index contributed by atoms with van der Waals surface area (Å²) in [6, 6.07) is 0. The van der Waals surface area contributed by atoms with E-state index < -0.39 is 0 Å². The predicted octanol–water partition coefficient (Wildman–Crippen LogP) is 0.378. The molecule has 1 saturated heterocycles. The molecule has 0 aromatic heterocycles. The van der Waals surface area contributed by atoms with Gasteiger partial charge in [0.1, 0.15) is 5.88 Å². The molecule has 4 heteroatoms. The van der Waals surface area contributed by atoms with Crippen LogP contribution >= 0.6 is 11.6 Å². The van der Waals surface area contributed by atoms with Gasteiger partial charge in [-0.3, -0.25) is 4.79 Å². The molecule has 1 aliphatic rings. The largest absolute Gasteiger partial charge is 0.381 e. The summed E-state index contributed by atoms with van der Waals surface area (Å²) in [7, 11) is 0. The number of amides is 1. The summed E-state index contributed by atoms with van der Waals surface area (Å²) >= 11 is 5.29. The highest BCUT2D eigenvalue weighted by atomic mass is 35.5. The predicted molar refractivity (Wildman–Crippen MR) is 42.7 cm³/mol. The molecule has 0 aromatic rings. The lowest BCUT2D eigenvalue weighted by Gasteiger charge is -2.07. The van der Waals surface area contributed by atoms with Crippen LogP contribution in [0.15, 0.2) is 0 Å². The average Bonchev–Trinajstić information content (AvgIpc) is 2.52. The number of alkyl halides is 1. The van der Waals surface area contributed by atoms with Crippen LogP contribution in [-0.2, 0) is 9.53 Å². The summed E-state index contributed by atoms with van der Waals surface area (Å²) in [5, 5.41) is 2.72. The lowest BCUT2D eigenvalue weighted by atomic mass is 10.1. The number of halogens is 1. The Kier molecular flexibility index (Phi) is 3.66. The zero-order valence-corrected chi connectivity index (χ0v) is 7.06. The van der Waals surface area contributed by atoms with Crippen LogP contribution < -0.4 is 5.32 Å². The highest BCUT2D eigenvalue weighted by Gasteiger charge is 2.15. The number of ether oxygens (including phenoxy) is 1. The summed E-state index contributed by atoms with van der Waals surface area (Å²) in [6.45, 7) is 2.29. The van der Waals surface area contributed by atoms with Gasteiger partial charge in [-0.25, -0.2) is 0 Å². The van der Waals surface area contributed by atoms with Crippen molar-refractivity contribution in [2.75, 3.05) is 25.6 Å². The lowest BCUT2D eigenvalue weighted by molar-refractivity contribution is -0.118. The number of hydrogen-bond acceptors (Lipinski definition) is 2. The van der Waals surface area contributed by atoms with Crippen LogP contribution in [0.5, 0.6) is 0 Å². The molecule has 1 rings (SSSR count). The molecular formula is C7H12ClNO2. The third kappa shape index (κ3) is 3.08. The molecule has 1 atom stereocenters. The second-order valence-corrected chi connectivity index (χ2v) is 2.93. The SMILES string of the molecule is O=C(CCl)NC[C@@H]1CCOC1. The van der Waals surface area contributed by atoms with Gasteiger partial charge in [-0.15, -0.1) is 11.6 Å². The van der Waals surface area contributed by atoms with E-state index in [1.165, 1.54) is 0 Å². The number of hydrogen-bond donors (Lipinski definition) is 1. The van der Waals surface area contributed by atoms with Gasteiger partial charge in [0.2, 0.25) is 5.91 Å². The van der Waals surface area contributed by atoms with Crippen LogP contribution in [0, 0.1) is 5.92 Å². The normalized spacial score (nSPS) is 23.5. The van der Waals surface area contributed by atoms with Crippen molar-refractivity contribution in [2.45, 2.75) is 6.42 Å². The Morgan fingerprint density at radius 2 is 2.55 bits per heavy atom. The van der Waals surface area contributed by atoms with Crippen LogP contribution in [0.1, 0.15) is 6.42 Å². The van der Waals surface area contributed by atoms with Crippen LogP contribution in [0.2, 0.25) is 0 Å². The van der Waals surface area contributed by atoms with E-state index in [1.54, 1.807) is 0 Å². The lowest BCUT2D eigenvalue weighted by Crippen LogP contribution is -2.30. The molecule has 1 amide bonds. The van der Waals surface area contributed by atoms with E-state index in [0.717, 1.165) is 19.6 Å². The number of nitrogens with one attached hydrogen (secondary N) is 1. The second-order valence-electron chi connectivity index (χ2n) is 2.67. The molecule has 0 spiro atoms. The maximum absolute atomic E-state index is 10.7. The van der Waals surface area contributed by atoms with E-state index in [-0.39, 0.29) is 11.8 Å². The Morgan fingerprint density at radius 3 is 3.09 bits per heavy atom. The smallest absolute Gasteiger partial charge is 0.234 e. The molecule has 0 aromatic carbocycles. The molecule has 11 heavy (non-hydrogen) atoms. The van der Waals surface area contributed by atoms with Crippen LogP contribution in [0.4, 0.5) is 0 Å². The standard InChI is InChI=1S/C7H12ClNO2/c8-3-7(10)9-4-6-1-2-11-5-6/h6H,1-5H2,(H,9,10)/t6-/m0/s1. The van der Waals surface area contributed by atoms with Gasteiger partial charge in [0.15, 0.2) is 0 Å². The van der Waals surface area contributed by atoms with Crippen molar-refractivity contribution in [3.05, 3.63) is 0 Å². The summed E-state index contributed by atoms with van der Waals surface area (Å²) < 4.78 is 5.14. The van der Waals surface area contributed by atoms with E-state index >= 15 is 0 Å². The van der Waals surface area contributed by atoms with Crippen molar-refractivity contribution < 1.29 is 9.53 Å². The quantitative estimate of drug-likeness (QED) is 0.633. The molecule has 0 bridgehead atoms. The van der Waals surface area contributed by atoms with Gasteiger partial charge in [0.25, 0.3) is 0 Å². The second kappa shape index (κ2) is 4.57. The zero-order valence-electron chi connectivity index (χ0n) is 6.31. The van der Waals surface area contributed by atoms with Gasteiger partial charge in [0.05, 0.1) is 6.61 Å². The number of rotatable bonds is 3. The van der Waals surface area contributed by atoms with Crippen molar-refractivity contribution in [1.82, 2.24) is 5.32 Å². The summed E-state index contributed by atoms with van der Waals surface area (Å²) in [6.07, 6.45) is 1.04. The van der Waals surface area contributed by atoms with E-state index in [0.29, 0.717) is 12.5 Å². The molecule has 1 heterocycles. The summed E-state index contributed by atoms with van der Waals surface area (Å²) in [5.74, 6) is 0.439. The maximum Gasteiger partial charge on any atom is 0.234 e. The minimum atomic E-state index is -0.0985. The van der Waals surface area contributed by atoms with E-state index in [2.05, 4.69) is 5.32 Å². The third-order valence-electron chi connectivity index (χ3n) is 1.73. The Balaban J connectivity index is 2.06. The molecule has 0 radical (unpaired) electrons. The highest BCUT2D eigenvalue weighted by Crippen LogP contribution is 2.10. The van der Waals surface area contributed by atoms with Crippen molar-refractivity contribution >= 4 is 17.5 Å². The molecular weight excluding hydrogens is 166 g/mol. The fourth-order valence-electron chi connectivity index (χ4n) is 1.05. The van der Waals surface area contributed by atoms with E-state index in [9.17, 15) is 4.79 Å². The Hall–Kier alpha value is -0.280. The molecule has 64 valence electrons. The van der Waals surface area contributed by atoms with Gasteiger partial charge in [-0.2, -0.15) is 0 Å². The van der Waals surface area contributed by atoms with Crippen molar-refractivity contribution in [2.24, 2.45) is 5.92 Å².